The fraction of sp³-hybridized carbons (Fsp3) is 0.500. The first-order valence-corrected chi connectivity index (χ1v) is 8.60. The van der Waals surface area contributed by atoms with Crippen molar-refractivity contribution in [2.24, 2.45) is 0 Å². The number of rotatable bonds is 3. The Morgan fingerprint density at radius 1 is 1.12 bits per heavy atom. The van der Waals surface area contributed by atoms with Gasteiger partial charge in [0.05, 0.1) is 24.8 Å². The molecule has 0 saturated carbocycles. The summed E-state index contributed by atoms with van der Waals surface area (Å²) in [6, 6.07) is 6.93. The third-order valence-corrected chi connectivity index (χ3v) is 4.70. The molecule has 2 aliphatic rings. The number of hydrogen-bond donors (Lipinski definition) is 0. The van der Waals surface area contributed by atoms with Gasteiger partial charge in [-0.25, -0.2) is 9.69 Å². The maximum Gasteiger partial charge on any atom is 0.409 e. The van der Waals surface area contributed by atoms with E-state index in [2.05, 4.69) is 0 Å². The molecule has 25 heavy (non-hydrogen) atoms. The topological polar surface area (TPSA) is 70.2 Å². The van der Waals surface area contributed by atoms with Gasteiger partial charge in [-0.3, -0.25) is 14.5 Å². The molecule has 0 spiro atoms. The lowest BCUT2D eigenvalue weighted by Gasteiger charge is -2.36. The molecule has 1 aromatic carbocycles. The van der Waals surface area contributed by atoms with E-state index in [4.69, 9.17) is 4.74 Å². The number of carbonyl (C=O) groups is 3. The van der Waals surface area contributed by atoms with E-state index < -0.39 is 6.04 Å². The van der Waals surface area contributed by atoms with Crippen LogP contribution in [0.25, 0.3) is 0 Å². The van der Waals surface area contributed by atoms with Crippen LogP contribution in [0.15, 0.2) is 24.3 Å². The van der Waals surface area contributed by atoms with E-state index in [1.165, 1.54) is 4.90 Å². The number of nitrogens with zero attached hydrogens (tertiary/aromatic N) is 3. The Morgan fingerprint density at radius 3 is 2.36 bits per heavy atom. The Morgan fingerprint density at radius 2 is 1.76 bits per heavy atom. The second kappa shape index (κ2) is 7.23. The highest BCUT2D eigenvalue weighted by Crippen LogP contribution is 2.26. The van der Waals surface area contributed by atoms with Crippen LogP contribution >= 0.6 is 0 Å². The zero-order chi connectivity index (χ0) is 18.0. The first-order chi connectivity index (χ1) is 12.0. The summed E-state index contributed by atoms with van der Waals surface area (Å²) in [4.78, 5) is 41.8. The van der Waals surface area contributed by atoms with E-state index >= 15 is 0 Å². The lowest BCUT2D eigenvalue weighted by molar-refractivity contribution is -0.123. The maximum atomic E-state index is 12.8. The van der Waals surface area contributed by atoms with Crippen LogP contribution < -0.4 is 4.90 Å². The van der Waals surface area contributed by atoms with Crippen molar-refractivity contribution in [2.75, 3.05) is 37.7 Å². The Balaban J connectivity index is 1.65. The number of imide groups is 1. The number of aryl methyl sites for hydroxylation is 1. The molecule has 1 atom stereocenters. The van der Waals surface area contributed by atoms with Crippen LogP contribution in [0.1, 0.15) is 18.9 Å². The molecule has 0 unspecified atom stereocenters. The first-order valence-electron chi connectivity index (χ1n) is 8.60. The zero-order valence-electron chi connectivity index (χ0n) is 14.6. The van der Waals surface area contributed by atoms with E-state index in [1.54, 1.807) is 24.0 Å². The summed E-state index contributed by atoms with van der Waals surface area (Å²) in [6.07, 6.45) is -0.135. The number of hydrogen-bond acceptors (Lipinski definition) is 5. The lowest BCUT2D eigenvalue weighted by atomic mass is 10.2. The van der Waals surface area contributed by atoms with Gasteiger partial charge in [0.1, 0.15) is 0 Å². The molecule has 3 amide bonds. The second-order valence-electron chi connectivity index (χ2n) is 6.34. The van der Waals surface area contributed by atoms with E-state index in [0.29, 0.717) is 38.5 Å². The second-order valence-corrected chi connectivity index (χ2v) is 6.34. The molecule has 0 radical (unpaired) electrons. The summed E-state index contributed by atoms with van der Waals surface area (Å²) in [7, 11) is 0. The van der Waals surface area contributed by atoms with Gasteiger partial charge in [0.15, 0.2) is 0 Å². The Kier molecular flexibility index (Phi) is 5.03. The number of carbonyl (C=O) groups excluding carboxylic acids is 3. The SMILES string of the molecule is CCOC(=O)N1CCN([C@H]2CC(=O)N(c3ccc(C)cc3)C2=O)CC1. The Hall–Kier alpha value is -2.41. The summed E-state index contributed by atoms with van der Waals surface area (Å²) in [5.74, 6) is -0.356. The fourth-order valence-electron chi connectivity index (χ4n) is 3.30. The first kappa shape index (κ1) is 17.4. The van der Waals surface area contributed by atoms with Crippen LogP contribution in [0.5, 0.6) is 0 Å². The molecule has 7 nitrogen and oxygen atoms in total. The molecule has 2 heterocycles. The minimum atomic E-state index is -0.446. The van der Waals surface area contributed by atoms with Gasteiger partial charge in [0.25, 0.3) is 5.91 Å². The maximum absolute atomic E-state index is 12.8. The molecule has 2 fully saturated rings. The van der Waals surface area contributed by atoms with Crippen molar-refractivity contribution in [3.05, 3.63) is 29.8 Å². The smallest absolute Gasteiger partial charge is 0.409 e. The van der Waals surface area contributed by atoms with Crippen molar-refractivity contribution in [2.45, 2.75) is 26.3 Å². The van der Waals surface area contributed by atoms with Gasteiger partial charge in [-0.15, -0.1) is 0 Å². The van der Waals surface area contributed by atoms with Crippen LogP contribution in [-0.4, -0.2) is 66.5 Å². The largest absolute Gasteiger partial charge is 0.450 e. The molecule has 0 aliphatic carbocycles. The summed E-state index contributed by atoms with van der Waals surface area (Å²) in [5.41, 5.74) is 1.70. The molecular weight excluding hydrogens is 322 g/mol. The number of anilines is 1. The van der Waals surface area contributed by atoms with E-state index in [-0.39, 0.29) is 24.3 Å². The zero-order valence-corrected chi connectivity index (χ0v) is 14.6. The standard InChI is InChI=1S/C18H23N3O4/c1-3-25-18(24)20-10-8-19(9-11-20)15-12-16(22)21(17(15)23)14-6-4-13(2)5-7-14/h4-7,15H,3,8-12H2,1-2H3/t15-/m0/s1. The van der Waals surface area contributed by atoms with Crippen molar-refractivity contribution in [3.8, 4) is 0 Å². The van der Waals surface area contributed by atoms with Gasteiger partial charge < -0.3 is 9.64 Å². The van der Waals surface area contributed by atoms with E-state index in [1.807, 2.05) is 24.0 Å². The highest BCUT2D eigenvalue weighted by atomic mass is 16.6. The van der Waals surface area contributed by atoms with Crippen LogP contribution in [0, 0.1) is 6.92 Å². The molecule has 1 aromatic rings. The molecule has 2 saturated heterocycles. The molecule has 7 heteroatoms. The van der Waals surface area contributed by atoms with Crippen molar-refractivity contribution in [1.82, 2.24) is 9.80 Å². The number of benzene rings is 1. The van der Waals surface area contributed by atoms with Crippen LogP contribution in [-0.2, 0) is 14.3 Å². The summed E-state index contributed by atoms with van der Waals surface area (Å²) >= 11 is 0. The average Bonchev–Trinajstić information content (AvgIpc) is 2.91. The predicted molar refractivity (Wildman–Crippen MR) is 92.2 cm³/mol. The van der Waals surface area contributed by atoms with Crippen LogP contribution in [0.3, 0.4) is 0 Å². The third kappa shape index (κ3) is 3.51. The van der Waals surface area contributed by atoms with Crippen molar-refractivity contribution in [3.63, 3.8) is 0 Å². The Bertz CT molecular complexity index is 665. The van der Waals surface area contributed by atoms with Gasteiger partial charge in [0, 0.05) is 26.2 Å². The predicted octanol–water partition coefficient (Wildman–Crippen LogP) is 1.40. The van der Waals surface area contributed by atoms with Gasteiger partial charge >= 0.3 is 6.09 Å². The molecule has 3 rings (SSSR count). The minimum absolute atomic E-state index is 0.174. The molecule has 134 valence electrons. The van der Waals surface area contributed by atoms with E-state index in [0.717, 1.165) is 5.56 Å². The van der Waals surface area contributed by atoms with Crippen molar-refractivity contribution in [1.29, 1.82) is 0 Å². The van der Waals surface area contributed by atoms with Crippen molar-refractivity contribution < 1.29 is 19.1 Å². The number of ether oxygens (including phenoxy) is 1. The van der Waals surface area contributed by atoms with Crippen LogP contribution in [0.2, 0.25) is 0 Å². The highest BCUT2D eigenvalue weighted by molar-refractivity contribution is 6.22. The van der Waals surface area contributed by atoms with Gasteiger partial charge in [-0.05, 0) is 26.0 Å². The molecule has 0 bridgehead atoms. The number of piperazine rings is 1. The monoisotopic (exact) mass is 345 g/mol. The third-order valence-electron chi connectivity index (χ3n) is 4.70. The molecular formula is C18H23N3O4. The normalized spacial score (nSPS) is 21.8. The minimum Gasteiger partial charge on any atom is -0.450 e. The average molecular weight is 345 g/mol. The summed E-state index contributed by atoms with van der Waals surface area (Å²) < 4.78 is 5.00. The quantitative estimate of drug-likeness (QED) is 0.775. The summed E-state index contributed by atoms with van der Waals surface area (Å²) in [5, 5.41) is 0. The molecule has 0 N–H and O–H groups in total. The van der Waals surface area contributed by atoms with Gasteiger partial charge in [0.2, 0.25) is 5.91 Å². The molecule has 2 aliphatic heterocycles. The fourth-order valence-corrected chi connectivity index (χ4v) is 3.30. The molecule has 0 aromatic heterocycles. The number of amides is 3. The lowest BCUT2D eigenvalue weighted by Crippen LogP contribution is -2.54. The van der Waals surface area contributed by atoms with E-state index in [9.17, 15) is 14.4 Å². The highest BCUT2D eigenvalue weighted by Gasteiger charge is 2.43. The Labute approximate surface area is 147 Å². The van der Waals surface area contributed by atoms with Gasteiger partial charge in [-0.2, -0.15) is 0 Å². The van der Waals surface area contributed by atoms with Gasteiger partial charge in [-0.1, -0.05) is 17.7 Å². The van der Waals surface area contributed by atoms with Crippen molar-refractivity contribution >= 4 is 23.6 Å². The summed E-state index contributed by atoms with van der Waals surface area (Å²) in [6.45, 7) is 6.21. The van der Waals surface area contributed by atoms with Crippen LogP contribution in [0.4, 0.5) is 10.5 Å².